The molecule has 0 radical (unpaired) electrons. The molecule has 136 valence electrons. The first kappa shape index (κ1) is 16.4. The van der Waals surface area contributed by atoms with Gasteiger partial charge >= 0.3 is 0 Å². The highest BCUT2D eigenvalue weighted by Gasteiger charge is 2.63. The highest BCUT2D eigenvalue weighted by atomic mass is 32.1. The molecule has 0 spiro atoms. The zero-order valence-electron chi connectivity index (χ0n) is 16.9. The summed E-state index contributed by atoms with van der Waals surface area (Å²) in [6, 6.07) is 9.15. The van der Waals surface area contributed by atoms with Gasteiger partial charge in [0.05, 0.1) is 21.4 Å². The van der Waals surface area contributed by atoms with Crippen LogP contribution in [0.2, 0.25) is 0 Å². The van der Waals surface area contributed by atoms with Crippen molar-refractivity contribution in [2.24, 2.45) is 12.5 Å². The molecule has 26 heavy (non-hydrogen) atoms. The number of thiophene rings is 1. The van der Waals surface area contributed by atoms with Crippen molar-refractivity contribution in [1.29, 1.82) is 0 Å². The molecule has 2 nitrogen and oxygen atoms in total. The summed E-state index contributed by atoms with van der Waals surface area (Å²) in [6.45, 7) is 15.6. The molecule has 3 aromatic rings. The molecule has 0 fully saturated rings. The number of hydrogen-bond donors (Lipinski definition) is 0. The Morgan fingerprint density at radius 3 is 2.50 bits per heavy atom. The van der Waals surface area contributed by atoms with E-state index < -0.39 is 0 Å². The van der Waals surface area contributed by atoms with Crippen LogP contribution < -0.4 is 4.90 Å². The van der Waals surface area contributed by atoms with Crippen molar-refractivity contribution >= 4 is 27.2 Å². The van der Waals surface area contributed by atoms with E-state index in [9.17, 15) is 0 Å². The molecule has 2 aromatic heterocycles. The first-order chi connectivity index (χ1) is 12.1. The third-order valence-electron chi connectivity index (χ3n) is 8.18. The van der Waals surface area contributed by atoms with Gasteiger partial charge in [0.25, 0.3) is 0 Å². The molecule has 0 bridgehead atoms. The predicted octanol–water partition coefficient (Wildman–Crippen LogP) is 6.10. The molecular weight excluding hydrogens is 336 g/mol. The van der Waals surface area contributed by atoms with Crippen LogP contribution in [-0.2, 0) is 24.5 Å². The molecular formula is C23H28N2S. The maximum absolute atomic E-state index is 2.72. The second kappa shape index (κ2) is 4.56. The topological polar surface area (TPSA) is 8.17 Å². The first-order valence-electron chi connectivity index (χ1n) is 9.57. The summed E-state index contributed by atoms with van der Waals surface area (Å²) >= 11 is 1.90. The van der Waals surface area contributed by atoms with Gasteiger partial charge in [-0.1, -0.05) is 45.9 Å². The minimum absolute atomic E-state index is 0.0293. The molecule has 5 rings (SSSR count). The first-order valence-corrected chi connectivity index (χ1v) is 10.4. The maximum Gasteiger partial charge on any atom is 0.0842 e. The Hall–Kier alpha value is -1.74. The van der Waals surface area contributed by atoms with Crippen LogP contribution in [0.4, 0.5) is 5.69 Å². The molecule has 0 N–H and O–H groups in total. The van der Waals surface area contributed by atoms with E-state index in [1.807, 2.05) is 11.3 Å². The lowest BCUT2D eigenvalue weighted by Crippen LogP contribution is -2.62. The van der Waals surface area contributed by atoms with Crippen LogP contribution in [-0.4, -0.2) is 4.57 Å². The van der Waals surface area contributed by atoms with Crippen LogP contribution in [0.15, 0.2) is 29.6 Å². The second-order valence-corrected chi connectivity index (χ2v) is 10.3. The third-order valence-corrected chi connectivity index (χ3v) is 9.14. The fourth-order valence-electron chi connectivity index (χ4n) is 5.84. The van der Waals surface area contributed by atoms with E-state index in [0.717, 1.165) is 6.54 Å². The summed E-state index contributed by atoms with van der Waals surface area (Å²) in [5.41, 5.74) is 8.94. The van der Waals surface area contributed by atoms with Gasteiger partial charge in [-0.2, -0.15) is 0 Å². The normalized spacial score (nSPS) is 25.3. The average Bonchev–Trinajstić information content (AvgIpc) is 3.22. The highest BCUT2D eigenvalue weighted by Crippen LogP contribution is 2.66. The molecule has 2 aliphatic rings. The number of nitrogens with zero attached hydrogens (tertiary/aromatic N) is 2. The van der Waals surface area contributed by atoms with Crippen molar-refractivity contribution in [3.8, 4) is 0 Å². The van der Waals surface area contributed by atoms with Crippen LogP contribution in [0.1, 0.15) is 57.0 Å². The van der Waals surface area contributed by atoms with Crippen molar-refractivity contribution in [3.63, 3.8) is 0 Å². The molecule has 1 atom stereocenters. The van der Waals surface area contributed by atoms with Crippen molar-refractivity contribution < 1.29 is 0 Å². The Morgan fingerprint density at radius 2 is 1.77 bits per heavy atom. The van der Waals surface area contributed by atoms with E-state index in [1.165, 1.54) is 32.7 Å². The van der Waals surface area contributed by atoms with Gasteiger partial charge < -0.3 is 9.47 Å². The molecule has 0 saturated heterocycles. The lowest BCUT2D eigenvalue weighted by atomic mass is 9.52. The fourth-order valence-corrected chi connectivity index (χ4v) is 6.80. The van der Waals surface area contributed by atoms with E-state index in [1.54, 1.807) is 5.56 Å². The minimum atomic E-state index is -0.0293. The van der Waals surface area contributed by atoms with Crippen LogP contribution in [0.3, 0.4) is 0 Å². The van der Waals surface area contributed by atoms with Crippen LogP contribution in [0.25, 0.3) is 10.2 Å². The van der Waals surface area contributed by atoms with Gasteiger partial charge in [0, 0.05) is 30.3 Å². The van der Waals surface area contributed by atoms with Gasteiger partial charge in [-0.15, -0.1) is 11.3 Å². The zero-order chi connectivity index (χ0) is 18.6. The summed E-state index contributed by atoms with van der Waals surface area (Å²) in [5.74, 6) is 0. The van der Waals surface area contributed by atoms with Gasteiger partial charge in [0.15, 0.2) is 0 Å². The third kappa shape index (κ3) is 1.49. The quantitative estimate of drug-likeness (QED) is 0.468. The molecule has 1 aromatic carbocycles. The van der Waals surface area contributed by atoms with Crippen molar-refractivity contribution in [1.82, 2.24) is 4.57 Å². The Kier molecular flexibility index (Phi) is 2.88. The van der Waals surface area contributed by atoms with Crippen LogP contribution in [0, 0.1) is 12.3 Å². The van der Waals surface area contributed by atoms with Gasteiger partial charge in [-0.05, 0) is 41.8 Å². The Morgan fingerprint density at radius 1 is 1.04 bits per heavy atom. The Balaban J connectivity index is 1.92. The lowest BCUT2D eigenvalue weighted by Gasteiger charge is -2.61. The molecule has 1 unspecified atom stereocenters. The molecule has 0 aliphatic carbocycles. The summed E-state index contributed by atoms with van der Waals surface area (Å²) < 4.78 is 3.95. The number of aryl methyl sites for hydroxylation is 2. The number of para-hydroxylation sites is 1. The van der Waals surface area contributed by atoms with E-state index in [4.69, 9.17) is 0 Å². The largest absolute Gasteiger partial charge is 0.355 e. The molecule has 0 amide bonds. The highest BCUT2D eigenvalue weighted by molar-refractivity contribution is 7.17. The Labute approximate surface area is 160 Å². The monoisotopic (exact) mass is 364 g/mol. The Bertz CT molecular complexity index is 1070. The average molecular weight is 365 g/mol. The standard InChI is InChI=1S/C23H28N2S/c1-14-9-8-10-16-18(14)25-13-15-19-17(11-12-26-19)24(7)20(15)23(25,6)22(4,5)21(16,2)3/h8-12H,13H2,1-7H3. The summed E-state index contributed by atoms with van der Waals surface area (Å²) in [5, 5.41) is 2.23. The van der Waals surface area contributed by atoms with Crippen molar-refractivity contribution in [2.75, 3.05) is 4.90 Å². The van der Waals surface area contributed by atoms with Gasteiger partial charge in [0.1, 0.15) is 0 Å². The summed E-state index contributed by atoms with van der Waals surface area (Å²) in [4.78, 5) is 2.72. The van der Waals surface area contributed by atoms with Crippen molar-refractivity contribution in [3.05, 3.63) is 52.0 Å². The van der Waals surface area contributed by atoms with Crippen LogP contribution in [0.5, 0.6) is 0 Å². The zero-order valence-corrected chi connectivity index (χ0v) is 17.7. The minimum Gasteiger partial charge on any atom is -0.355 e. The summed E-state index contributed by atoms with van der Waals surface area (Å²) in [7, 11) is 2.26. The van der Waals surface area contributed by atoms with E-state index in [-0.39, 0.29) is 16.4 Å². The lowest BCUT2D eigenvalue weighted by molar-refractivity contribution is 0.0640. The number of rotatable bonds is 0. The molecule has 0 saturated carbocycles. The number of aromatic nitrogens is 1. The number of anilines is 1. The fraction of sp³-hybridized carbons (Fsp3) is 0.478. The molecule has 3 heteroatoms. The molecule has 4 heterocycles. The predicted molar refractivity (Wildman–Crippen MR) is 112 cm³/mol. The summed E-state index contributed by atoms with van der Waals surface area (Å²) in [6.07, 6.45) is 0. The van der Waals surface area contributed by atoms with Gasteiger partial charge in [-0.25, -0.2) is 0 Å². The van der Waals surface area contributed by atoms with Gasteiger partial charge in [0.2, 0.25) is 0 Å². The van der Waals surface area contributed by atoms with Crippen LogP contribution >= 0.6 is 11.3 Å². The molecule has 2 aliphatic heterocycles. The van der Waals surface area contributed by atoms with E-state index >= 15 is 0 Å². The maximum atomic E-state index is 2.72. The smallest absolute Gasteiger partial charge is 0.0842 e. The van der Waals surface area contributed by atoms with E-state index in [0.29, 0.717) is 0 Å². The second-order valence-electron chi connectivity index (χ2n) is 9.40. The number of benzene rings is 1. The van der Waals surface area contributed by atoms with E-state index in [2.05, 4.69) is 87.7 Å². The SMILES string of the molecule is Cc1cccc2c1N1Cc3c(n(C)c4ccsc34)C1(C)C(C)(C)C2(C)C. The number of hydrogen-bond acceptors (Lipinski definition) is 2. The van der Waals surface area contributed by atoms with Crippen molar-refractivity contribution in [2.45, 2.75) is 59.0 Å². The number of fused-ring (bicyclic) bond motifs is 7. The van der Waals surface area contributed by atoms with Gasteiger partial charge in [-0.3, -0.25) is 0 Å².